The van der Waals surface area contributed by atoms with Gasteiger partial charge in [-0.15, -0.1) is 11.3 Å². The van der Waals surface area contributed by atoms with E-state index in [1.165, 1.54) is 4.88 Å². The highest BCUT2D eigenvalue weighted by Gasteiger charge is 2.23. The number of thiophene rings is 1. The maximum Gasteiger partial charge on any atom is 0.257 e. The van der Waals surface area contributed by atoms with E-state index in [-0.39, 0.29) is 11.9 Å². The van der Waals surface area contributed by atoms with Gasteiger partial charge in [0.15, 0.2) is 0 Å². The molecule has 1 amide bonds. The van der Waals surface area contributed by atoms with Crippen molar-refractivity contribution in [2.24, 2.45) is 0 Å². The van der Waals surface area contributed by atoms with Gasteiger partial charge in [0.1, 0.15) is 0 Å². The van der Waals surface area contributed by atoms with Gasteiger partial charge in [-0.3, -0.25) is 9.89 Å². The highest BCUT2D eigenvalue weighted by Crippen LogP contribution is 2.25. The Morgan fingerprint density at radius 3 is 2.72 bits per heavy atom. The molecule has 1 N–H and O–H groups in total. The van der Waals surface area contributed by atoms with Crippen LogP contribution in [0.4, 0.5) is 0 Å². The lowest BCUT2D eigenvalue weighted by atomic mass is 10.1. The van der Waals surface area contributed by atoms with E-state index in [0.717, 1.165) is 11.4 Å². The van der Waals surface area contributed by atoms with Crippen LogP contribution in [0, 0.1) is 13.8 Å². The highest BCUT2D eigenvalue weighted by atomic mass is 32.1. The number of amides is 1. The minimum absolute atomic E-state index is 0.0136. The van der Waals surface area contributed by atoms with Gasteiger partial charge in [0.05, 0.1) is 17.3 Å². The van der Waals surface area contributed by atoms with Gasteiger partial charge in [-0.25, -0.2) is 0 Å². The number of nitrogens with one attached hydrogen (secondary N) is 1. The van der Waals surface area contributed by atoms with E-state index in [2.05, 4.69) is 10.2 Å². The fourth-order valence-electron chi connectivity index (χ4n) is 1.94. The van der Waals surface area contributed by atoms with Crippen molar-refractivity contribution in [3.8, 4) is 0 Å². The lowest BCUT2D eigenvalue weighted by molar-refractivity contribution is 0.0743. The van der Waals surface area contributed by atoms with Gasteiger partial charge in [-0.1, -0.05) is 6.07 Å². The summed E-state index contributed by atoms with van der Waals surface area (Å²) in [5, 5.41) is 8.95. The van der Waals surface area contributed by atoms with Gasteiger partial charge in [-0.05, 0) is 32.2 Å². The molecular weight excluding hydrogens is 246 g/mol. The molecule has 0 aromatic carbocycles. The summed E-state index contributed by atoms with van der Waals surface area (Å²) in [6.07, 6.45) is 0. The fourth-order valence-corrected chi connectivity index (χ4v) is 2.76. The van der Waals surface area contributed by atoms with E-state index >= 15 is 0 Å². The first-order chi connectivity index (χ1) is 8.52. The molecule has 2 heterocycles. The molecule has 0 radical (unpaired) electrons. The van der Waals surface area contributed by atoms with Crippen molar-refractivity contribution in [1.82, 2.24) is 15.1 Å². The van der Waals surface area contributed by atoms with Crippen LogP contribution in [0.3, 0.4) is 0 Å². The smallest absolute Gasteiger partial charge is 0.257 e. The lowest BCUT2D eigenvalue weighted by Crippen LogP contribution is -2.30. The van der Waals surface area contributed by atoms with Crippen LogP contribution in [0.2, 0.25) is 0 Å². The molecule has 2 rings (SSSR count). The Hall–Kier alpha value is -1.62. The van der Waals surface area contributed by atoms with Crippen LogP contribution in [0.15, 0.2) is 17.5 Å². The number of nitrogens with zero attached hydrogens (tertiary/aromatic N) is 2. The molecule has 2 aromatic heterocycles. The zero-order valence-electron chi connectivity index (χ0n) is 11.0. The average Bonchev–Trinajstić information content (AvgIpc) is 2.97. The van der Waals surface area contributed by atoms with Crippen molar-refractivity contribution in [3.63, 3.8) is 0 Å². The predicted molar refractivity (Wildman–Crippen MR) is 72.9 cm³/mol. The summed E-state index contributed by atoms with van der Waals surface area (Å²) < 4.78 is 0. The summed E-state index contributed by atoms with van der Waals surface area (Å²) in [5.74, 6) is 0.0136. The Kier molecular flexibility index (Phi) is 3.52. The summed E-state index contributed by atoms with van der Waals surface area (Å²) >= 11 is 1.67. The Morgan fingerprint density at radius 2 is 2.22 bits per heavy atom. The van der Waals surface area contributed by atoms with Crippen LogP contribution in [0.25, 0.3) is 0 Å². The van der Waals surface area contributed by atoms with Crippen LogP contribution in [0.1, 0.15) is 39.6 Å². The quantitative estimate of drug-likeness (QED) is 0.925. The molecular formula is C13H17N3OS. The van der Waals surface area contributed by atoms with Crippen molar-refractivity contribution < 1.29 is 4.79 Å². The molecule has 0 fully saturated rings. The molecule has 1 unspecified atom stereocenters. The minimum Gasteiger partial charge on any atom is -0.334 e. The molecule has 0 saturated heterocycles. The van der Waals surface area contributed by atoms with Gasteiger partial charge in [-0.2, -0.15) is 5.10 Å². The number of hydrogen-bond acceptors (Lipinski definition) is 3. The number of H-pyrrole nitrogens is 1. The van der Waals surface area contributed by atoms with Crippen LogP contribution in [-0.2, 0) is 0 Å². The number of carbonyl (C=O) groups is 1. The van der Waals surface area contributed by atoms with Crippen molar-refractivity contribution in [2.45, 2.75) is 26.8 Å². The maximum absolute atomic E-state index is 12.5. The maximum atomic E-state index is 12.5. The first-order valence-electron chi connectivity index (χ1n) is 5.84. The normalized spacial score (nSPS) is 12.4. The van der Waals surface area contributed by atoms with Crippen molar-refractivity contribution >= 4 is 17.2 Å². The topological polar surface area (TPSA) is 49.0 Å². The molecule has 0 spiro atoms. The van der Waals surface area contributed by atoms with E-state index < -0.39 is 0 Å². The van der Waals surface area contributed by atoms with Crippen LogP contribution in [0.5, 0.6) is 0 Å². The van der Waals surface area contributed by atoms with Crippen molar-refractivity contribution in [2.75, 3.05) is 7.05 Å². The molecule has 18 heavy (non-hydrogen) atoms. The Balaban J connectivity index is 2.24. The second-order valence-electron chi connectivity index (χ2n) is 4.42. The highest BCUT2D eigenvalue weighted by molar-refractivity contribution is 7.10. The van der Waals surface area contributed by atoms with Gasteiger partial charge >= 0.3 is 0 Å². The fraction of sp³-hybridized carbons (Fsp3) is 0.385. The van der Waals surface area contributed by atoms with Gasteiger partial charge in [0.25, 0.3) is 5.91 Å². The SMILES string of the molecule is Cc1n[nH]c(C)c1C(=O)N(C)C(C)c1cccs1. The van der Waals surface area contributed by atoms with Crippen molar-refractivity contribution in [1.29, 1.82) is 0 Å². The third-order valence-electron chi connectivity index (χ3n) is 3.20. The van der Waals surface area contributed by atoms with Crippen LogP contribution < -0.4 is 0 Å². The Morgan fingerprint density at radius 1 is 1.50 bits per heavy atom. The molecule has 96 valence electrons. The molecule has 0 bridgehead atoms. The standard InChI is InChI=1S/C13H17N3OS/c1-8-12(9(2)15-14-8)13(17)16(4)10(3)11-6-5-7-18-11/h5-7,10H,1-4H3,(H,14,15). The zero-order valence-corrected chi connectivity index (χ0v) is 11.8. The second-order valence-corrected chi connectivity index (χ2v) is 5.40. The third-order valence-corrected chi connectivity index (χ3v) is 4.24. The number of aromatic amines is 1. The first-order valence-corrected chi connectivity index (χ1v) is 6.72. The monoisotopic (exact) mass is 263 g/mol. The molecule has 2 aromatic rings. The van der Waals surface area contributed by atoms with E-state index in [1.54, 1.807) is 16.2 Å². The van der Waals surface area contributed by atoms with E-state index in [1.807, 2.05) is 45.3 Å². The molecule has 0 aliphatic heterocycles. The lowest BCUT2D eigenvalue weighted by Gasteiger charge is -2.24. The van der Waals surface area contributed by atoms with E-state index in [0.29, 0.717) is 5.56 Å². The average molecular weight is 263 g/mol. The van der Waals surface area contributed by atoms with E-state index in [4.69, 9.17) is 0 Å². The van der Waals surface area contributed by atoms with Crippen molar-refractivity contribution in [3.05, 3.63) is 39.3 Å². The number of aryl methyl sites for hydroxylation is 2. The number of carbonyl (C=O) groups excluding carboxylic acids is 1. The summed E-state index contributed by atoms with van der Waals surface area (Å²) in [4.78, 5) is 15.4. The van der Waals surface area contributed by atoms with Gasteiger partial charge in [0.2, 0.25) is 0 Å². The van der Waals surface area contributed by atoms with Crippen LogP contribution >= 0.6 is 11.3 Å². The van der Waals surface area contributed by atoms with Crippen LogP contribution in [-0.4, -0.2) is 28.1 Å². The number of rotatable bonds is 3. The first kappa shape index (κ1) is 12.8. The van der Waals surface area contributed by atoms with Gasteiger partial charge in [0, 0.05) is 17.6 Å². The van der Waals surface area contributed by atoms with E-state index in [9.17, 15) is 4.79 Å². The third kappa shape index (κ3) is 2.18. The predicted octanol–water partition coefficient (Wildman–Crippen LogP) is 2.92. The number of hydrogen-bond donors (Lipinski definition) is 1. The molecule has 0 aliphatic rings. The summed E-state index contributed by atoms with van der Waals surface area (Å²) in [6.45, 7) is 5.76. The molecule has 5 heteroatoms. The largest absolute Gasteiger partial charge is 0.334 e. The Bertz CT molecular complexity index is 525. The summed E-state index contributed by atoms with van der Waals surface area (Å²) in [6, 6.07) is 4.13. The zero-order chi connectivity index (χ0) is 13.3. The minimum atomic E-state index is 0.0136. The molecule has 1 atom stereocenters. The second kappa shape index (κ2) is 4.94. The molecule has 0 saturated carbocycles. The number of aromatic nitrogens is 2. The summed E-state index contributed by atoms with van der Waals surface area (Å²) in [7, 11) is 1.83. The summed E-state index contributed by atoms with van der Waals surface area (Å²) in [5.41, 5.74) is 2.26. The Labute approximate surface area is 111 Å². The molecule has 0 aliphatic carbocycles. The molecule has 4 nitrogen and oxygen atoms in total. The van der Waals surface area contributed by atoms with Gasteiger partial charge < -0.3 is 4.90 Å².